The van der Waals surface area contributed by atoms with Gasteiger partial charge in [-0.25, -0.2) is 0 Å². The molecule has 0 saturated carbocycles. The van der Waals surface area contributed by atoms with Crippen molar-refractivity contribution in [2.45, 2.75) is 12.8 Å². The van der Waals surface area contributed by atoms with E-state index in [1.807, 2.05) is 19.0 Å². The predicted octanol–water partition coefficient (Wildman–Crippen LogP) is 1.24. The lowest BCUT2D eigenvalue weighted by molar-refractivity contribution is -0.126. The van der Waals surface area contributed by atoms with Crippen LogP contribution in [0.15, 0.2) is 12.1 Å². The minimum atomic E-state index is -0.106. The molecule has 0 unspecified atom stereocenters. The summed E-state index contributed by atoms with van der Waals surface area (Å²) in [6.45, 7) is 2.53. The lowest BCUT2D eigenvalue weighted by Gasteiger charge is -2.31. The summed E-state index contributed by atoms with van der Waals surface area (Å²) in [5, 5.41) is 2.97. The van der Waals surface area contributed by atoms with Crippen LogP contribution in [0, 0.1) is 5.92 Å². The Bertz CT molecular complexity index is 659. The number of methoxy groups -OCH3 is 3. The molecule has 0 aliphatic carbocycles. The Hall–Kier alpha value is -2.48. The summed E-state index contributed by atoms with van der Waals surface area (Å²) >= 11 is 0. The lowest BCUT2D eigenvalue weighted by Crippen LogP contribution is -2.44. The van der Waals surface area contributed by atoms with Gasteiger partial charge in [0.25, 0.3) is 5.91 Å². The van der Waals surface area contributed by atoms with Gasteiger partial charge >= 0.3 is 0 Å². The van der Waals surface area contributed by atoms with Crippen LogP contribution >= 0.6 is 0 Å². The Kier molecular flexibility index (Phi) is 7.92. The smallest absolute Gasteiger partial charge is 0.254 e. The summed E-state index contributed by atoms with van der Waals surface area (Å²) in [6.07, 6.45) is 1.31. The average Bonchev–Trinajstić information content (AvgIpc) is 2.71. The van der Waals surface area contributed by atoms with Crippen molar-refractivity contribution in [2.75, 3.05) is 61.6 Å². The Morgan fingerprint density at radius 1 is 1.07 bits per heavy atom. The first-order valence-electron chi connectivity index (χ1n) is 9.43. The largest absolute Gasteiger partial charge is 0.493 e. The average molecular weight is 393 g/mol. The number of amides is 2. The fraction of sp³-hybridized carbons (Fsp3) is 0.600. The third-order valence-corrected chi connectivity index (χ3v) is 4.92. The fourth-order valence-corrected chi connectivity index (χ4v) is 3.28. The van der Waals surface area contributed by atoms with Gasteiger partial charge in [-0.05, 0) is 39.1 Å². The number of likely N-dealkylation sites (N-methyl/N-ethyl adjacent to an activating group) is 1. The van der Waals surface area contributed by atoms with Gasteiger partial charge in [-0.3, -0.25) is 9.59 Å². The van der Waals surface area contributed by atoms with Crippen LogP contribution < -0.4 is 19.5 Å². The van der Waals surface area contributed by atoms with Crippen molar-refractivity contribution in [1.29, 1.82) is 0 Å². The monoisotopic (exact) mass is 393 g/mol. The van der Waals surface area contributed by atoms with E-state index in [-0.39, 0.29) is 17.7 Å². The summed E-state index contributed by atoms with van der Waals surface area (Å²) in [4.78, 5) is 29.0. The van der Waals surface area contributed by atoms with E-state index in [1.54, 1.807) is 17.0 Å². The van der Waals surface area contributed by atoms with Gasteiger partial charge in [0, 0.05) is 37.7 Å². The number of nitrogens with one attached hydrogen (secondary N) is 1. The lowest BCUT2D eigenvalue weighted by atomic mass is 9.95. The molecule has 1 aromatic carbocycles. The third-order valence-electron chi connectivity index (χ3n) is 4.92. The SMILES string of the molecule is COc1cc(C(=O)N2CCC(C(=O)NCCN(C)C)CC2)cc(OC)c1OC. The molecule has 0 aromatic heterocycles. The van der Waals surface area contributed by atoms with E-state index in [0.29, 0.717) is 55.3 Å². The summed E-state index contributed by atoms with van der Waals surface area (Å²) in [5.41, 5.74) is 0.475. The van der Waals surface area contributed by atoms with Gasteiger partial charge in [0.2, 0.25) is 11.7 Å². The Morgan fingerprint density at radius 2 is 1.64 bits per heavy atom. The van der Waals surface area contributed by atoms with Crippen LogP contribution in [0.3, 0.4) is 0 Å². The van der Waals surface area contributed by atoms with E-state index in [1.165, 1.54) is 21.3 Å². The first-order chi connectivity index (χ1) is 13.4. The number of rotatable bonds is 8. The number of benzene rings is 1. The molecule has 1 saturated heterocycles. The second kappa shape index (κ2) is 10.2. The summed E-state index contributed by atoms with van der Waals surface area (Å²) in [6, 6.07) is 3.31. The second-order valence-corrected chi connectivity index (χ2v) is 7.07. The van der Waals surface area contributed by atoms with E-state index < -0.39 is 0 Å². The number of hydrogen-bond acceptors (Lipinski definition) is 6. The zero-order chi connectivity index (χ0) is 20.7. The minimum Gasteiger partial charge on any atom is -0.493 e. The van der Waals surface area contributed by atoms with Crippen molar-refractivity contribution in [1.82, 2.24) is 15.1 Å². The quantitative estimate of drug-likeness (QED) is 0.716. The topological polar surface area (TPSA) is 80.3 Å². The highest BCUT2D eigenvalue weighted by Crippen LogP contribution is 2.38. The molecule has 8 heteroatoms. The molecule has 156 valence electrons. The number of likely N-dealkylation sites (tertiary alicyclic amines) is 1. The van der Waals surface area contributed by atoms with E-state index in [4.69, 9.17) is 14.2 Å². The highest BCUT2D eigenvalue weighted by atomic mass is 16.5. The zero-order valence-corrected chi connectivity index (χ0v) is 17.4. The molecule has 8 nitrogen and oxygen atoms in total. The molecule has 1 aromatic rings. The van der Waals surface area contributed by atoms with Gasteiger partial charge in [0.05, 0.1) is 21.3 Å². The maximum Gasteiger partial charge on any atom is 0.254 e. The molecule has 0 spiro atoms. The first kappa shape index (κ1) is 21.8. The molecule has 0 atom stereocenters. The van der Waals surface area contributed by atoms with Crippen LogP contribution in [0.4, 0.5) is 0 Å². The van der Waals surface area contributed by atoms with E-state index in [9.17, 15) is 9.59 Å². The molecule has 1 aliphatic heterocycles. The van der Waals surface area contributed by atoms with Gasteiger partial charge in [0.15, 0.2) is 11.5 Å². The molecular weight excluding hydrogens is 362 g/mol. The van der Waals surface area contributed by atoms with E-state index in [2.05, 4.69) is 5.32 Å². The van der Waals surface area contributed by atoms with Crippen molar-refractivity contribution in [2.24, 2.45) is 5.92 Å². The van der Waals surface area contributed by atoms with Crippen LogP contribution in [0.5, 0.6) is 17.2 Å². The molecule has 2 amide bonds. The van der Waals surface area contributed by atoms with Crippen LogP contribution in [0.1, 0.15) is 23.2 Å². The van der Waals surface area contributed by atoms with Gasteiger partial charge in [-0.15, -0.1) is 0 Å². The number of ether oxygens (including phenoxy) is 3. The first-order valence-corrected chi connectivity index (χ1v) is 9.43. The molecule has 0 bridgehead atoms. The molecule has 28 heavy (non-hydrogen) atoms. The van der Waals surface area contributed by atoms with Gasteiger partial charge in [-0.1, -0.05) is 0 Å². The number of piperidine rings is 1. The van der Waals surface area contributed by atoms with Crippen molar-refractivity contribution in [3.05, 3.63) is 17.7 Å². The van der Waals surface area contributed by atoms with Crippen molar-refractivity contribution in [3.8, 4) is 17.2 Å². The number of hydrogen-bond donors (Lipinski definition) is 1. The molecule has 2 rings (SSSR count). The van der Waals surface area contributed by atoms with Crippen molar-refractivity contribution >= 4 is 11.8 Å². The van der Waals surface area contributed by atoms with Gasteiger partial charge in [0.1, 0.15) is 0 Å². The van der Waals surface area contributed by atoms with Gasteiger partial charge in [-0.2, -0.15) is 0 Å². The number of carbonyl (C=O) groups is 2. The highest BCUT2D eigenvalue weighted by Gasteiger charge is 2.28. The summed E-state index contributed by atoms with van der Waals surface area (Å²) in [5.74, 6) is 1.26. The standard InChI is InChI=1S/C20H31N3O5/c1-22(2)11-8-21-19(24)14-6-9-23(10-7-14)20(25)15-12-16(26-3)18(28-5)17(13-15)27-4/h12-14H,6-11H2,1-5H3,(H,21,24). The zero-order valence-electron chi connectivity index (χ0n) is 17.4. The fourth-order valence-electron chi connectivity index (χ4n) is 3.28. The Balaban J connectivity index is 1.99. The number of carbonyl (C=O) groups excluding carboxylic acids is 2. The Labute approximate surface area is 166 Å². The van der Waals surface area contributed by atoms with Crippen LogP contribution in [-0.2, 0) is 4.79 Å². The molecule has 1 aliphatic rings. The summed E-state index contributed by atoms with van der Waals surface area (Å²) in [7, 11) is 8.51. The van der Waals surface area contributed by atoms with E-state index in [0.717, 1.165) is 6.54 Å². The van der Waals surface area contributed by atoms with Gasteiger partial charge < -0.3 is 29.3 Å². The van der Waals surface area contributed by atoms with Crippen LogP contribution in [-0.4, -0.2) is 83.2 Å². The third kappa shape index (κ3) is 5.28. The normalized spacial score (nSPS) is 14.7. The molecule has 1 fully saturated rings. The van der Waals surface area contributed by atoms with Crippen LogP contribution in [0.2, 0.25) is 0 Å². The van der Waals surface area contributed by atoms with Crippen LogP contribution in [0.25, 0.3) is 0 Å². The number of nitrogens with zero attached hydrogens (tertiary/aromatic N) is 2. The van der Waals surface area contributed by atoms with Crippen molar-refractivity contribution in [3.63, 3.8) is 0 Å². The summed E-state index contributed by atoms with van der Waals surface area (Å²) < 4.78 is 16.0. The highest BCUT2D eigenvalue weighted by molar-refractivity contribution is 5.96. The predicted molar refractivity (Wildman–Crippen MR) is 106 cm³/mol. The maximum atomic E-state index is 12.9. The molecule has 0 radical (unpaired) electrons. The molecule has 1 N–H and O–H groups in total. The van der Waals surface area contributed by atoms with E-state index >= 15 is 0 Å². The maximum absolute atomic E-state index is 12.9. The second-order valence-electron chi connectivity index (χ2n) is 7.07. The molecule has 1 heterocycles. The van der Waals surface area contributed by atoms with Crippen molar-refractivity contribution < 1.29 is 23.8 Å². The minimum absolute atomic E-state index is 0.0499. The molecular formula is C20H31N3O5. The Morgan fingerprint density at radius 3 is 2.11 bits per heavy atom.